The predicted octanol–water partition coefficient (Wildman–Crippen LogP) is 1.52. The molecule has 3 rings (SSSR count). The molecule has 0 unspecified atom stereocenters. The smallest absolute Gasteiger partial charge is 0.404 e. The maximum Gasteiger partial charge on any atom is 0.404 e. The van der Waals surface area contributed by atoms with Gasteiger partial charge in [-0.3, -0.25) is 4.98 Å². The summed E-state index contributed by atoms with van der Waals surface area (Å²) in [6.07, 6.45) is 1.38. The molecule has 0 spiro atoms. The van der Waals surface area contributed by atoms with Crippen molar-refractivity contribution < 1.29 is 9.90 Å². The number of amides is 1. The average molecular weight is 294 g/mol. The van der Waals surface area contributed by atoms with Gasteiger partial charge in [0.1, 0.15) is 5.52 Å². The third-order valence-electron chi connectivity index (χ3n) is 3.22. The summed E-state index contributed by atoms with van der Waals surface area (Å²) < 4.78 is 0. The average Bonchev–Trinajstić information content (AvgIpc) is 2.85. The molecule has 104 valence electrons. The van der Waals surface area contributed by atoms with Crippen molar-refractivity contribution in [2.45, 2.75) is 12.5 Å². The van der Waals surface area contributed by atoms with Gasteiger partial charge in [-0.2, -0.15) is 4.98 Å². The second-order valence-electron chi connectivity index (χ2n) is 4.57. The van der Waals surface area contributed by atoms with Gasteiger partial charge in [0, 0.05) is 19.3 Å². The van der Waals surface area contributed by atoms with Crippen LogP contribution in [0.25, 0.3) is 11.0 Å². The number of carboxylic acid groups (broad SMARTS) is 1. The highest BCUT2D eigenvalue weighted by Crippen LogP contribution is 2.26. The molecule has 1 aliphatic heterocycles. The minimum atomic E-state index is -1.01. The third-order valence-corrected chi connectivity index (χ3v) is 3.39. The fourth-order valence-corrected chi connectivity index (χ4v) is 2.56. The number of hydrogen-bond donors (Lipinski definition) is 2. The highest BCUT2D eigenvalue weighted by atomic mass is 35.5. The predicted molar refractivity (Wildman–Crippen MR) is 74.1 cm³/mol. The van der Waals surface area contributed by atoms with Gasteiger partial charge in [-0.05, 0) is 30.2 Å². The van der Waals surface area contributed by atoms with Gasteiger partial charge in [0.05, 0.1) is 11.6 Å². The van der Waals surface area contributed by atoms with Gasteiger partial charge in [-0.25, -0.2) is 9.78 Å². The van der Waals surface area contributed by atoms with Crippen LogP contribution in [0.4, 0.5) is 10.6 Å². The first-order chi connectivity index (χ1) is 9.63. The lowest BCUT2D eigenvalue weighted by Gasteiger charge is -2.18. The molecule has 1 atom stereocenters. The van der Waals surface area contributed by atoms with Crippen LogP contribution in [0.2, 0.25) is 5.28 Å². The van der Waals surface area contributed by atoms with Crippen LogP contribution in [0.3, 0.4) is 0 Å². The molecule has 20 heavy (non-hydrogen) atoms. The Kier molecular flexibility index (Phi) is 3.27. The molecule has 0 radical (unpaired) electrons. The summed E-state index contributed by atoms with van der Waals surface area (Å²) in [5.74, 6) is 0.648. The van der Waals surface area contributed by atoms with Crippen LogP contribution in [0.5, 0.6) is 0 Å². The lowest BCUT2D eigenvalue weighted by molar-refractivity contribution is 0.191. The summed E-state index contributed by atoms with van der Waals surface area (Å²) in [4.78, 5) is 25.3. The van der Waals surface area contributed by atoms with E-state index in [1.807, 2.05) is 11.0 Å². The Morgan fingerprint density at radius 3 is 3.15 bits per heavy atom. The molecular formula is C12H12ClN5O2. The maximum absolute atomic E-state index is 10.7. The van der Waals surface area contributed by atoms with Crippen LogP contribution in [-0.2, 0) is 0 Å². The van der Waals surface area contributed by atoms with Crippen molar-refractivity contribution in [1.29, 1.82) is 0 Å². The van der Waals surface area contributed by atoms with Gasteiger partial charge in [0.25, 0.3) is 0 Å². The summed E-state index contributed by atoms with van der Waals surface area (Å²) in [5, 5.41) is 11.4. The number of halogens is 1. The van der Waals surface area contributed by atoms with Crippen molar-refractivity contribution >= 4 is 34.5 Å². The van der Waals surface area contributed by atoms with Crippen molar-refractivity contribution in [3.05, 3.63) is 23.6 Å². The Labute approximate surface area is 119 Å². The number of anilines is 1. The maximum atomic E-state index is 10.7. The molecule has 1 amide bonds. The molecule has 2 aromatic rings. The molecule has 7 nitrogen and oxygen atoms in total. The Hall–Kier alpha value is -2.15. The summed E-state index contributed by atoms with van der Waals surface area (Å²) in [6, 6.07) is 3.50. The van der Waals surface area contributed by atoms with E-state index in [1.165, 1.54) is 0 Å². The van der Waals surface area contributed by atoms with Crippen molar-refractivity contribution in [3.8, 4) is 0 Å². The van der Waals surface area contributed by atoms with Crippen LogP contribution in [0.15, 0.2) is 18.3 Å². The number of aromatic nitrogens is 3. The zero-order valence-electron chi connectivity index (χ0n) is 10.5. The normalized spacial score (nSPS) is 18.4. The van der Waals surface area contributed by atoms with E-state index in [9.17, 15) is 4.79 Å². The first kappa shape index (κ1) is 12.9. The Morgan fingerprint density at radius 1 is 1.50 bits per heavy atom. The number of pyridine rings is 1. The minimum absolute atomic E-state index is 0.111. The van der Waals surface area contributed by atoms with E-state index in [2.05, 4.69) is 20.3 Å². The molecule has 0 saturated carbocycles. The SMILES string of the molecule is O=C(O)N[C@H]1CCN(c2nc(Cl)nc3cccnc23)C1. The van der Waals surface area contributed by atoms with Crippen molar-refractivity contribution in [2.75, 3.05) is 18.0 Å². The van der Waals surface area contributed by atoms with Crippen molar-refractivity contribution in [1.82, 2.24) is 20.3 Å². The van der Waals surface area contributed by atoms with Crippen molar-refractivity contribution in [3.63, 3.8) is 0 Å². The fourth-order valence-electron chi connectivity index (χ4n) is 2.39. The molecular weight excluding hydrogens is 282 g/mol. The van der Waals surface area contributed by atoms with E-state index in [-0.39, 0.29) is 11.3 Å². The molecule has 8 heteroatoms. The van der Waals surface area contributed by atoms with Crippen LogP contribution in [-0.4, -0.2) is 45.3 Å². The van der Waals surface area contributed by atoms with Crippen LogP contribution < -0.4 is 10.2 Å². The van der Waals surface area contributed by atoms with E-state index in [0.717, 1.165) is 6.42 Å². The highest BCUT2D eigenvalue weighted by molar-refractivity contribution is 6.28. The van der Waals surface area contributed by atoms with E-state index >= 15 is 0 Å². The van der Waals surface area contributed by atoms with Crippen LogP contribution >= 0.6 is 11.6 Å². The molecule has 0 bridgehead atoms. The quantitative estimate of drug-likeness (QED) is 0.816. The van der Waals surface area contributed by atoms with Gasteiger partial charge in [-0.1, -0.05) is 0 Å². The third kappa shape index (κ3) is 2.44. The number of carbonyl (C=O) groups is 1. The minimum Gasteiger partial charge on any atom is -0.465 e. The molecule has 2 N–H and O–H groups in total. The number of fused-ring (bicyclic) bond motifs is 1. The molecule has 1 saturated heterocycles. The van der Waals surface area contributed by atoms with E-state index in [0.29, 0.717) is 29.9 Å². The van der Waals surface area contributed by atoms with E-state index in [4.69, 9.17) is 16.7 Å². The zero-order valence-corrected chi connectivity index (χ0v) is 11.2. The van der Waals surface area contributed by atoms with Gasteiger partial charge < -0.3 is 15.3 Å². The Morgan fingerprint density at radius 2 is 2.35 bits per heavy atom. The van der Waals surface area contributed by atoms with Gasteiger partial charge in [0.15, 0.2) is 5.82 Å². The molecule has 0 aromatic carbocycles. The number of nitrogens with one attached hydrogen (secondary N) is 1. The standard InChI is InChI=1S/C12H12ClN5O2/c13-11-16-8-2-1-4-14-9(8)10(17-11)18-5-3-7(6-18)15-12(19)20/h1-2,4,7,15H,3,5-6H2,(H,19,20)/t7-/m0/s1. The van der Waals surface area contributed by atoms with Crippen molar-refractivity contribution in [2.24, 2.45) is 0 Å². The summed E-state index contributed by atoms with van der Waals surface area (Å²) in [6.45, 7) is 1.25. The molecule has 3 heterocycles. The number of nitrogens with zero attached hydrogens (tertiary/aromatic N) is 4. The molecule has 1 fully saturated rings. The monoisotopic (exact) mass is 293 g/mol. The molecule has 1 aliphatic rings. The molecule has 2 aromatic heterocycles. The second-order valence-corrected chi connectivity index (χ2v) is 4.91. The summed E-state index contributed by atoms with van der Waals surface area (Å²) in [7, 11) is 0. The number of hydrogen-bond acceptors (Lipinski definition) is 5. The van der Waals surface area contributed by atoms with Crippen LogP contribution in [0.1, 0.15) is 6.42 Å². The van der Waals surface area contributed by atoms with E-state index < -0.39 is 6.09 Å². The summed E-state index contributed by atoms with van der Waals surface area (Å²) in [5.41, 5.74) is 1.35. The number of rotatable bonds is 2. The first-order valence-electron chi connectivity index (χ1n) is 6.16. The Bertz CT molecular complexity index is 665. The largest absolute Gasteiger partial charge is 0.465 e. The lowest BCUT2D eigenvalue weighted by Crippen LogP contribution is -2.36. The highest BCUT2D eigenvalue weighted by Gasteiger charge is 2.26. The first-order valence-corrected chi connectivity index (χ1v) is 6.54. The zero-order chi connectivity index (χ0) is 14.1. The fraction of sp³-hybridized carbons (Fsp3) is 0.333. The molecule has 0 aliphatic carbocycles. The second kappa shape index (κ2) is 5.09. The topological polar surface area (TPSA) is 91.2 Å². The van der Waals surface area contributed by atoms with Crippen LogP contribution in [0, 0.1) is 0 Å². The van der Waals surface area contributed by atoms with Gasteiger partial charge in [0.2, 0.25) is 5.28 Å². The summed E-state index contributed by atoms with van der Waals surface area (Å²) >= 11 is 5.94. The van der Waals surface area contributed by atoms with E-state index in [1.54, 1.807) is 12.3 Å². The van der Waals surface area contributed by atoms with Gasteiger partial charge >= 0.3 is 6.09 Å². The van der Waals surface area contributed by atoms with Gasteiger partial charge in [-0.15, -0.1) is 0 Å². The Balaban J connectivity index is 1.93. The lowest BCUT2D eigenvalue weighted by atomic mass is 10.3.